The normalized spacial score (nSPS) is 19.9. The number of hydrogen-bond donors (Lipinski definition) is 0. The Hall–Kier alpha value is -2.11. The monoisotopic (exact) mass is 440 g/mol. The molecule has 1 aliphatic rings. The van der Waals surface area contributed by atoms with Crippen molar-refractivity contribution in [3.8, 4) is 5.75 Å². The topological polar surface area (TPSA) is 9.23 Å². The number of rotatable bonds is 8. The van der Waals surface area contributed by atoms with Crippen LogP contribution in [0.25, 0.3) is 0 Å². The third kappa shape index (κ3) is 6.44. The van der Waals surface area contributed by atoms with Gasteiger partial charge in [0.1, 0.15) is 5.75 Å². The van der Waals surface area contributed by atoms with Gasteiger partial charge in [0.25, 0.3) is 0 Å². The molecule has 1 aliphatic carbocycles. The van der Waals surface area contributed by atoms with Crippen molar-refractivity contribution < 1.29 is 26.7 Å². The second kappa shape index (κ2) is 10.0. The fourth-order valence-electron chi connectivity index (χ4n) is 4.34. The molecule has 0 unspecified atom stereocenters. The molecule has 6 heteroatoms. The largest absolute Gasteiger partial charge is 0.429 e. The molecule has 170 valence electrons. The summed E-state index contributed by atoms with van der Waals surface area (Å²) in [5.41, 5.74) is -0.168. The number of unbranched alkanes of at least 4 members (excludes halogenated alkanes) is 2. The smallest absolute Gasteiger partial charge is 0.426 e. The van der Waals surface area contributed by atoms with Crippen LogP contribution in [-0.2, 0) is 12.3 Å². The van der Waals surface area contributed by atoms with Crippen molar-refractivity contribution in [1.29, 1.82) is 0 Å². The molecule has 31 heavy (non-hydrogen) atoms. The fraction of sp³-hybridized carbons (Fsp3) is 0.520. The molecule has 0 atom stereocenters. The van der Waals surface area contributed by atoms with Crippen molar-refractivity contribution in [2.75, 3.05) is 0 Å². The summed E-state index contributed by atoms with van der Waals surface area (Å²) >= 11 is 0. The highest BCUT2D eigenvalue weighted by molar-refractivity contribution is 5.31. The average Bonchev–Trinajstić information content (AvgIpc) is 2.74. The van der Waals surface area contributed by atoms with Gasteiger partial charge in [-0.15, -0.1) is 0 Å². The van der Waals surface area contributed by atoms with Gasteiger partial charge in [-0.3, -0.25) is 0 Å². The molecule has 0 saturated heterocycles. The van der Waals surface area contributed by atoms with Gasteiger partial charge in [0.2, 0.25) is 0 Å². The Morgan fingerprint density at radius 2 is 1.35 bits per heavy atom. The van der Waals surface area contributed by atoms with Crippen molar-refractivity contribution in [1.82, 2.24) is 0 Å². The fourth-order valence-corrected chi connectivity index (χ4v) is 4.34. The first-order chi connectivity index (χ1) is 14.7. The maximum Gasteiger partial charge on any atom is 0.426 e. The minimum Gasteiger partial charge on any atom is -0.429 e. The minimum atomic E-state index is -4.52. The van der Waals surface area contributed by atoms with E-state index in [1.54, 1.807) is 12.1 Å². The van der Waals surface area contributed by atoms with Gasteiger partial charge in [0.15, 0.2) is 0 Å². The van der Waals surface area contributed by atoms with Gasteiger partial charge in [-0.25, -0.2) is 0 Å². The van der Waals surface area contributed by atoms with Crippen molar-refractivity contribution in [3.05, 3.63) is 65.2 Å². The van der Waals surface area contributed by atoms with Gasteiger partial charge in [-0.1, -0.05) is 44.7 Å². The number of halogens is 5. The highest BCUT2D eigenvalue weighted by Gasteiger charge is 2.35. The van der Waals surface area contributed by atoms with Crippen LogP contribution in [0, 0.1) is 5.92 Å². The lowest BCUT2D eigenvalue weighted by atomic mass is 9.77. The summed E-state index contributed by atoms with van der Waals surface area (Å²) in [4.78, 5) is 0. The van der Waals surface area contributed by atoms with Crippen molar-refractivity contribution in [3.63, 3.8) is 0 Å². The predicted octanol–water partition coefficient (Wildman–Crippen LogP) is 8.69. The minimum absolute atomic E-state index is 0.315. The SMILES string of the molecule is CCCCC[C@H]1CC[C@H](c2ccc(C(F)(F)Oc3ccc(C(F)(F)F)cc3)cc2)CC1. The second-order valence-corrected chi connectivity index (χ2v) is 8.48. The van der Waals surface area contributed by atoms with Crippen molar-refractivity contribution >= 4 is 0 Å². The van der Waals surface area contributed by atoms with Gasteiger partial charge >= 0.3 is 12.3 Å². The summed E-state index contributed by atoms with van der Waals surface area (Å²) in [6, 6.07) is 9.43. The Bertz CT molecular complexity index is 803. The van der Waals surface area contributed by atoms with Crippen LogP contribution >= 0.6 is 0 Å². The van der Waals surface area contributed by atoms with Gasteiger partial charge in [-0.05, 0) is 79.5 Å². The zero-order chi connectivity index (χ0) is 22.5. The molecule has 0 aliphatic heterocycles. The number of ether oxygens (including phenoxy) is 1. The van der Waals surface area contributed by atoms with E-state index in [1.807, 2.05) is 0 Å². The molecule has 0 radical (unpaired) electrons. The Balaban J connectivity index is 1.57. The predicted molar refractivity (Wildman–Crippen MR) is 111 cm³/mol. The number of alkyl halides is 5. The highest BCUT2D eigenvalue weighted by Crippen LogP contribution is 2.39. The van der Waals surface area contributed by atoms with E-state index in [1.165, 1.54) is 50.7 Å². The van der Waals surface area contributed by atoms with Crippen LogP contribution in [0.2, 0.25) is 0 Å². The molecule has 1 fully saturated rings. The first-order valence-electron chi connectivity index (χ1n) is 11.0. The highest BCUT2D eigenvalue weighted by atomic mass is 19.4. The Morgan fingerprint density at radius 1 is 0.774 bits per heavy atom. The lowest BCUT2D eigenvalue weighted by Gasteiger charge is -2.29. The van der Waals surface area contributed by atoms with Crippen LogP contribution in [0.3, 0.4) is 0 Å². The molecule has 1 saturated carbocycles. The molecule has 0 N–H and O–H groups in total. The summed E-state index contributed by atoms with van der Waals surface area (Å²) in [6.45, 7) is 2.21. The number of benzene rings is 2. The van der Waals surface area contributed by atoms with Crippen LogP contribution in [0.4, 0.5) is 22.0 Å². The second-order valence-electron chi connectivity index (χ2n) is 8.48. The molecule has 0 amide bonds. The van der Waals surface area contributed by atoms with E-state index in [0.29, 0.717) is 5.92 Å². The molecule has 1 nitrogen and oxygen atoms in total. The lowest BCUT2D eigenvalue weighted by Crippen LogP contribution is -2.22. The molecule has 3 rings (SSSR count). The zero-order valence-corrected chi connectivity index (χ0v) is 17.7. The molecule has 2 aromatic carbocycles. The summed E-state index contributed by atoms with van der Waals surface area (Å²) in [7, 11) is 0. The summed E-state index contributed by atoms with van der Waals surface area (Å²) in [5, 5.41) is 0. The van der Waals surface area contributed by atoms with E-state index in [0.717, 1.165) is 48.6 Å². The van der Waals surface area contributed by atoms with Crippen molar-refractivity contribution in [2.24, 2.45) is 5.92 Å². The standard InChI is InChI=1S/C25H29F5O/c1-2-3-4-5-18-6-8-19(9-7-18)20-10-12-22(13-11-20)25(29,30)31-23-16-14-21(15-17-23)24(26,27)28/h10-19H,2-9H2,1H3/t18-,19-. The Morgan fingerprint density at radius 3 is 1.90 bits per heavy atom. The maximum atomic E-state index is 14.5. The van der Waals surface area contributed by atoms with Crippen molar-refractivity contribution in [2.45, 2.75) is 76.5 Å². The van der Waals surface area contributed by atoms with E-state index >= 15 is 0 Å². The Labute approximate surface area is 180 Å². The maximum absolute atomic E-state index is 14.5. The molecule has 0 spiro atoms. The molecule has 0 heterocycles. The summed E-state index contributed by atoms with van der Waals surface area (Å²) < 4.78 is 71.6. The average molecular weight is 440 g/mol. The van der Waals surface area contributed by atoms with Crippen LogP contribution in [0.1, 0.15) is 80.9 Å². The van der Waals surface area contributed by atoms with E-state index in [2.05, 4.69) is 6.92 Å². The zero-order valence-electron chi connectivity index (χ0n) is 17.7. The first kappa shape index (κ1) is 23.6. The summed E-state index contributed by atoms with van der Waals surface area (Å²) in [6.07, 6.45) is 1.46. The van der Waals surface area contributed by atoms with E-state index in [4.69, 9.17) is 4.74 Å². The third-order valence-electron chi connectivity index (χ3n) is 6.21. The summed E-state index contributed by atoms with van der Waals surface area (Å²) in [5.74, 6) is 0.855. The molecule has 0 aromatic heterocycles. The van der Waals surface area contributed by atoms with Crippen LogP contribution in [0.15, 0.2) is 48.5 Å². The van der Waals surface area contributed by atoms with E-state index < -0.39 is 17.8 Å². The number of hydrogen-bond acceptors (Lipinski definition) is 1. The van der Waals surface area contributed by atoms with E-state index in [9.17, 15) is 22.0 Å². The van der Waals surface area contributed by atoms with Gasteiger partial charge in [0, 0.05) is 0 Å². The molecule has 0 bridgehead atoms. The molecule has 2 aromatic rings. The molecular formula is C25H29F5O. The van der Waals surface area contributed by atoms with Crippen LogP contribution < -0.4 is 4.74 Å². The van der Waals surface area contributed by atoms with Gasteiger partial charge in [-0.2, -0.15) is 22.0 Å². The Kier molecular flexibility index (Phi) is 7.60. The van der Waals surface area contributed by atoms with E-state index in [-0.39, 0.29) is 11.3 Å². The lowest BCUT2D eigenvalue weighted by molar-refractivity contribution is -0.185. The first-order valence-corrected chi connectivity index (χ1v) is 11.0. The van der Waals surface area contributed by atoms with Crippen LogP contribution in [-0.4, -0.2) is 0 Å². The molecular weight excluding hydrogens is 411 g/mol. The van der Waals surface area contributed by atoms with Crippen LogP contribution in [0.5, 0.6) is 5.75 Å². The quantitative estimate of drug-likeness (QED) is 0.295. The van der Waals surface area contributed by atoms with Gasteiger partial charge < -0.3 is 4.74 Å². The van der Waals surface area contributed by atoms with Gasteiger partial charge in [0.05, 0.1) is 11.1 Å². The third-order valence-corrected chi connectivity index (χ3v) is 6.21.